The molecule has 2 N–H and O–H groups in total. The molecule has 0 spiro atoms. The van der Waals surface area contributed by atoms with Crippen molar-refractivity contribution in [2.45, 2.75) is 65.4 Å². The molecular formula is C21H28O3. The Labute approximate surface area is 144 Å². The van der Waals surface area contributed by atoms with Crippen LogP contribution in [0, 0.1) is 16.7 Å². The topological polar surface area (TPSA) is 49.7 Å². The third-order valence-corrected chi connectivity index (χ3v) is 7.07. The number of aromatic hydroxyl groups is 2. The second-order valence-corrected chi connectivity index (χ2v) is 9.12. The molecule has 2 fully saturated rings. The van der Waals surface area contributed by atoms with Crippen molar-refractivity contribution >= 4 is 6.08 Å². The van der Waals surface area contributed by atoms with Gasteiger partial charge < -0.3 is 14.9 Å². The molecule has 0 bridgehead atoms. The molecule has 0 saturated heterocycles. The molecule has 3 aliphatic rings. The minimum absolute atomic E-state index is 0.0840. The first-order chi connectivity index (χ1) is 11.2. The van der Waals surface area contributed by atoms with Crippen molar-refractivity contribution in [1.29, 1.82) is 0 Å². The number of rotatable bonds is 0. The summed E-state index contributed by atoms with van der Waals surface area (Å²) >= 11 is 0. The molecule has 1 heterocycles. The van der Waals surface area contributed by atoms with Crippen LogP contribution in [0.15, 0.2) is 17.7 Å². The van der Waals surface area contributed by atoms with Gasteiger partial charge in [0.2, 0.25) is 0 Å². The third kappa shape index (κ3) is 2.03. The monoisotopic (exact) mass is 328 g/mol. The van der Waals surface area contributed by atoms with E-state index in [1.807, 2.05) is 0 Å². The van der Waals surface area contributed by atoms with Gasteiger partial charge in [-0.15, -0.1) is 0 Å². The van der Waals surface area contributed by atoms with Gasteiger partial charge in [0.05, 0.1) is 0 Å². The fourth-order valence-corrected chi connectivity index (χ4v) is 5.91. The van der Waals surface area contributed by atoms with Crippen molar-refractivity contribution in [1.82, 2.24) is 0 Å². The lowest BCUT2D eigenvalue weighted by Crippen LogP contribution is -2.55. The van der Waals surface area contributed by atoms with Gasteiger partial charge >= 0.3 is 0 Å². The second kappa shape index (κ2) is 4.71. The zero-order valence-electron chi connectivity index (χ0n) is 15.1. The number of hydrogen-bond donors (Lipinski definition) is 2. The van der Waals surface area contributed by atoms with Gasteiger partial charge in [-0.25, -0.2) is 0 Å². The van der Waals surface area contributed by atoms with E-state index in [-0.39, 0.29) is 22.5 Å². The highest BCUT2D eigenvalue weighted by atomic mass is 16.5. The first-order valence-corrected chi connectivity index (χ1v) is 9.13. The van der Waals surface area contributed by atoms with E-state index in [0.29, 0.717) is 17.1 Å². The number of fused-ring (bicyclic) bond motifs is 4. The van der Waals surface area contributed by atoms with E-state index in [1.54, 1.807) is 12.1 Å². The Kier molecular flexibility index (Phi) is 3.11. The highest BCUT2D eigenvalue weighted by molar-refractivity contribution is 5.69. The molecule has 0 radical (unpaired) electrons. The SMILES string of the molecule is CC1(C)CCC[C@]2(C)C3=Cc4cc(O)c(O)cc4O[C@@]3(C)CC[C@@H]12. The summed E-state index contributed by atoms with van der Waals surface area (Å²) in [5.41, 5.74) is 2.43. The van der Waals surface area contributed by atoms with Crippen LogP contribution in [0.1, 0.15) is 65.4 Å². The Morgan fingerprint density at radius 2 is 1.71 bits per heavy atom. The van der Waals surface area contributed by atoms with E-state index >= 15 is 0 Å². The predicted octanol–water partition coefficient (Wildman–Crippen LogP) is 5.26. The predicted molar refractivity (Wildman–Crippen MR) is 95.2 cm³/mol. The van der Waals surface area contributed by atoms with Gasteiger partial charge in [-0.05, 0) is 67.1 Å². The molecule has 4 rings (SSSR count). The van der Waals surface area contributed by atoms with Crippen molar-refractivity contribution in [3.8, 4) is 17.2 Å². The number of hydrogen-bond acceptors (Lipinski definition) is 3. The number of phenolic OH excluding ortho intramolecular Hbond substituents is 2. The van der Waals surface area contributed by atoms with E-state index < -0.39 is 0 Å². The fourth-order valence-electron chi connectivity index (χ4n) is 5.91. The van der Waals surface area contributed by atoms with Crippen molar-refractivity contribution in [3.05, 3.63) is 23.3 Å². The number of phenols is 2. The molecule has 0 aromatic heterocycles. The van der Waals surface area contributed by atoms with Crippen LogP contribution in [0.4, 0.5) is 0 Å². The molecule has 130 valence electrons. The van der Waals surface area contributed by atoms with Crippen LogP contribution in [-0.4, -0.2) is 15.8 Å². The first-order valence-electron chi connectivity index (χ1n) is 9.13. The fraction of sp³-hybridized carbons (Fsp3) is 0.619. The summed E-state index contributed by atoms with van der Waals surface area (Å²) in [6.45, 7) is 9.44. The molecule has 2 saturated carbocycles. The first kappa shape index (κ1) is 15.9. The molecule has 0 unspecified atom stereocenters. The summed E-state index contributed by atoms with van der Waals surface area (Å²) < 4.78 is 6.40. The average molecular weight is 328 g/mol. The maximum absolute atomic E-state index is 9.88. The second-order valence-electron chi connectivity index (χ2n) is 9.12. The normalized spacial score (nSPS) is 36.7. The minimum Gasteiger partial charge on any atom is -0.504 e. The molecule has 1 aromatic rings. The third-order valence-electron chi connectivity index (χ3n) is 7.07. The van der Waals surface area contributed by atoms with Crippen molar-refractivity contribution in [2.24, 2.45) is 16.7 Å². The highest BCUT2D eigenvalue weighted by Crippen LogP contribution is 2.64. The van der Waals surface area contributed by atoms with Gasteiger partial charge in [0, 0.05) is 11.6 Å². The van der Waals surface area contributed by atoms with Crippen LogP contribution in [-0.2, 0) is 0 Å². The molecule has 0 amide bonds. The standard InChI is InChI=1S/C21H28O3/c1-19(2)7-5-8-20(3)17(19)6-9-21(4)18(20)11-13-10-14(22)15(23)12-16(13)24-21/h10-12,17,22-23H,5-9H2,1-4H3/t17-,20-,21-/m0/s1. The van der Waals surface area contributed by atoms with Gasteiger partial charge in [-0.2, -0.15) is 0 Å². The summed E-state index contributed by atoms with van der Waals surface area (Å²) in [5.74, 6) is 1.13. The highest BCUT2D eigenvalue weighted by Gasteiger charge is 2.57. The zero-order chi connectivity index (χ0) is 17.3. The summed E-state index contributed by atoms with van der Waals surface area (Å²) in [6.07, 6.45) is 8.15. The Morgan fingerprint density at radius 3 is 2.46 bits per heavy atom. The van der Waals surface area contributed by atoms with E-state index in [4.69, 9.17) is 4.74 Å². The van der Waals surface area contributed by atoms with Crippen LogP contribution in [0.2, 0.25) is 0 Å². The van der Waals surface area contributed by atoms with Crippen LogP contribution in [0.5, 0.6) is 17.2 Å². The summed E-state index contributed by atoms with van der Waals surface area (Å²) in [4.78, 5) is 0. The zero-order valence-corrected chi connectivity index (χ0v) is 15.1. The average Bonchev–Trinajstić information content (AvgIpc) is 2.46. The van der Waals surface area contributed by atoms with E-state index in [2.05, 4.69) is 33.8 Å². The van der Waals surface area contributed by atoms with Crippen molar-refractivity contribution in [3.63, 3.8) is 0 Å². The Bertz CT molecular complexity index is 733. The largest absolute Gasteiger partial charge is 0.504 e. The molecule has 2 aliphatic carbocycles. The van der Waals surface area contributed by atoms with Gasteiger partial charge in [-0.3, -0.25) is 0 Å². The van der Waals surface area contributed by atoms with E-state index in [1.165, 1.54) is 31.3 Å². The van der Waals surface area contributed by atoms with Gasteiger partial charge in [-0.1, -0.05) is 27.2 Å². The smallest absolute Gasteiger partial charge is 0.161 e. The molecule has 3 nitrogen and oxygen atoms in total. The lowest BCUT2D eigenvalue weighted by molar-refractivity contribution is -0.0516. The number of ether oxygens (including phenoxy) is 1. The quantitative estimate of drug-likeness (QED) is 0.639. The molecule has 1 aliphatic heterocycles. The maximum atomic E-state index is 9.88. The molecule has 3 atom stereocenters. The van der Waals surface area contributed by atoms with Crippen molar-refractivity contribution < 1.29 is 14.9 Å². The summed E-state index contributed by atoms with van der Waals surface area (Å²) in [7, 11) is 0. The summed E-state index contributed by atoms with van der Waals surface area (Å²) in [5, 5.41) is 19.7. The maximum Gasteiger partial charge on any atom is 0.161 e. The van der Waals surface area contributed by atoms with Gasteiger partial charge in [0.15, 0.2) is 11.5 Å². The lowest BCUT2D eigenvalue weighted by Gasteiger charge is -2.60. The molecule has 24 heavy (non-hydrogen) atoms. The molecule has 3 heteroatoms. The number of benzene rings is 1. The Morgan fingerprint density at radius 1 is 1.00 bits per heavy atom. The van der Waals surface area contributed by atoms with Gasteiger partial charge in [0.1, 0.15) is 11.4 Å². The molecular weight excluding hydrogens is 300 g/mol. The van der Waals surface area contributed by atoms with Crippen molar-refractivity contribution in [2.75, 3.05) is 0 Å². The van der Waals surface area contributed by atoms with Crippen LogP contribution >= 0.6 is 0 Å². The minimum atomic E-state index is -0.310. The Hall–Kier alpha value is -1.64. The van der Waals surface area contributed by atoms with Crippen LogP contribution < -0.4 is 4.74 Å². The summed E-state index contributed by atoms with van der Waals surface area (Å²) in [6, 6.07) is 3.17. The van der Waals surface area contributed by atoms with Crippen LogP contribution in [0.25, 0.3) is 6.08 Å². The van der Waals surface area contributed by atoms with E-state index in [0.717, 1.165) is 12.0 Å². The van der Waals surface area contributed by atoms with Gasteiger partial charge in [0.25, 0.3) is 0 Å². The Balaban J connectivity index is 1.88. The molecule has 1 aromatic carbocycles. The van der Waals surface area contributed by atoms with E-state index in [9.17, 15) is 10.2 Å². The lowest BCUT2D eigenvalue weighted by atomic mass is 9.47. The van der Waals surface area contributed by atoms with Crippen LogP contribution in [0.3, 0.4) is 0 Å².